The Morgan fingerprint density at radius 3 is 1.24 bits per heavy atom. The monoisotopic (exact) mass is 628 g/mol. The van der Waals surface area contributed by atoms with Crippen molar-refractivity contribution < 1.29 is 40.3 Å². The number of fused-ring (bicyclic) bond motifs is 3. The Morgan fingerprint density at radius 1 is 0.578 bits per heavy atom. The van der Waals surface area contributed by atoms with Crippen molar-refractivity contribution in [2.24, 2.45) is 0 Å². The van der Waals surface area contributed by atoms with Crippen molar-refractivity contribution in [1.82, 2.24) is 0 Å². The minimum absolute atomic E-state index is 0.163. The number of nitrogens with zero attached hydrogens (tertiary/aromatic N) is 1. The predicted molar refractivity (Wildman–Crippen MR) is 163 cm³/mol. The average Bonchev–Trinajstić information content (AvgIpc) is 3.18. The molecule has 0 spiro atoms. The molecule has 0 bridgehead atoms. The maximum Gasteiger partial charge on any atom is 0.194 e. The summed E-state index contributed by atoms with van der Waals surface area (Å²) in [5, 5.41) is 0. The van der Waals surface area contributed by atoms with E-state index in [1.165, 1.54) is 14.2 Å². The zero-order valence-corrected chi connectivity index (χ0v) is 25.8. The number of halogens is 6. The molecule has 0 amide bonds. The predicted octanol–water partition coefficient (Wildman–Crippen LogP) is 9.97. The molecule has 9 heteroatoms. The maximum atomic E-state index is 14.6. The number of quaternary nitrogens is 1. The standard InChI is InChI=1S/C36H36F6NO2/c1-5-7-13-43(14-8-6-2)19-25-23(21-15-27(37)35(41)28(38)16-21)9-11-31(44-3)33(25)34-26(20-43)24(10-12-32(34)45-4)22-17-29(39)36(42)30(40)18-22/h9-12,15-18H,5-8,13-14,19-20H2,1-4H3/q+1. The van der Waals surface area contributed by atoms with Crippen LogP contribution in [0.4, 0.5) is 26.3 Å². The van der Waals surface area contributed by atoms with E-state index >= 15 is 0 Å². The van der Waals surface area contributed by atoms with Gasteiger partial charge in [-0.1, -0.05) is 38.8 Å². The molecule has 4 aromatic carbocycles. The highest BCUT2D eigenvalue weighted by atomic mass is 19.2. The lowest BCUT2D eigenvalue weighted by Crippen LogP contribution is -2.47. The molecule has 0 N–H and O–H groups in total. The molecule has 0 aromatic heterocycles. The second-order valence-electron chi connectivity index (χ2n) is 11.7. The van der Waals surface area contributed by atoms with E-state index in [9.17, 15) is 26.3 Å². The summed E-state index contributed by atoms with van der Waals surface area (Å²) in [4.78, 5) is 0. The van der Waals surface area contributed by atoms with Gasteiger partial charge in [0.1, 0.15) is 24.6 Å². The van der Waals surface area contributed by atoms with E-state index in [-0.39, 0.29) is 11.1 Å². The number of rotatable bonds is 10. The van der Waals surface area contributed by atoms with Crippen LogP contribution in [0.25, 0.3) is 33.4 Å². The SMILES string of the molecule is CCCC[N+]1(CCCC)Cc2c(-c3cc(F)c(F)c(F)c3)ccc(OC)c2-c2c(OC)ccc(-c3cc(F)c(F)c(F)c3)c2C1. The first kappa shape index (κ1) is 32.4. The molecule has 1 heterocycles. The van der Waals surface area contributed by atoms with Gasteiger partial charge in [0.05, 0.1) is 27.3 Å². The van der Waals surface area contributed by atoms with E-state index in [2.05, 4.69) is 13.8 Å². The van der Waals surface area contributed by atoms with Gasteiger partial charge in [0.15, 0.2) is 34.9 Å². The highest BCUT2D eigenvalue weighted by Gasteiger charge is 2.38. The summed E-state index contributed by atoms with van der Waals surface area (Å²) >= 11 is 0. The van der Waals surface area contributed by atoms with E-state index in [0.717, 1.165) is 74.2 Å². The molecular weight excluding hydrogens is 592 g/mol. The van der Waals surface area contributed by atoms with Gasteiger partial charge in [-0.15, -0.1) is 0 Å². The largest absolute Gasteiger partial charge is 0.496 e. The number of unbranched alkanes of at least 4 members (excludes halogenated alkanes) is 2. The second kappa shape index (κ2) is 13.2. The van der Waals surface area contributed by atoms with E-state index in [1.54, 1.807) is 24.3 Å². The molecule has 0 aliphatic carbocycles. The summed E-state index contributed by atoms with van der Waals surface area (Å²) in [5.41, 5.74) is 3.97. The molecule has 0 saturated carbocycles. The van der Waals surface area contributed by atoms with Gasteiger partial charge < -0.3 is 14.0 Å². The fraction of sp³-hybridized carbons (Fsp3) is 0.333. The summed E-state index contributed by atoms with van der Waals surface area (Å²) in [6, 6.07) is 10.7. The van der Waals surface area contributed by atoms with Gasteiger partial charge in [0.25, 0.3) is 0 Å². The Kier molecular flexibility index (Phi) is 9.49. The third kappa shape index (κ3) is 6.02. The van der Waals surface area contributed by atoms with Crippen molar-refractivity contribution >= 4 is 0 Å². The molecular formula is C36H36F6NO2+. The summed E-state index contributed by atoms with van der Waals surface area (Å²) < 4.78 is 98.8. The lowest BCUT2D eigenvalue weighted by atomic mass is 9.86. The molecule has 0 fully saturated rings. The van der Waals surface area contributed by atoms with Crippen molar-refractivity contribution in [3.63, 3.8) is 0 Å². The second-order valence-corrected chi connectivity index (χ2v) is 11.7. The van der Waals surface area contributed by atoms with Gasteiger partial charge in [-0.2, -0.15) is 0 Å². The molecule has 238 valence electrons. The molecule has 4 aromatic rings. The van der Waals surface area contributed by atoms with Crippen molar-refractivity contribution in [1.29, 1.82) is 0 Å². The molecule has 0 unspecified atom stereocenters. The van der Waals surface area contributed by atoms with Crippen LogP contribution in [0.5, 0.6) is 11.5 Å². The van der Waals surface area contributed by atoms with Crippen LogP contribution in [0.15, 0.2) is 48.5 Å². The van der Waals surface area contributed by atoms with Crippen LogP contribution in [0.2, 0.25) is 0 Å². The third-order valence-electron chi connectivity index (χ3n) is 8.79. The normalized spacial score (nSPS) is 13.6. The molecule has 45 heavy (non-hydrogen) atoms. The summed E-state index contributed by atoms with van der Waals surface area (Å²) in [7, 11) is 3.02. The van der Waals surface area contributed by atoms with Crippen LogP contribution in [-0.2, 0) is 13.1 Å². The molecule has 0 radical (unpaired) electrons. The number of ether oxygens (including phenoxy) is 2. The highest BCUT2D eigenvalue weighted by Crippen LogP contribution is 2.51. The quantitative estimate of drug-likeness (QED) is 0.0989. The topological polar surface area (TPSA) is 18.5 Å². The maximum absolute atomic E-state index is 14.6. The minimum Gasteiger partial charge on any atom is -0.496 e. The first-order valence-corrected chi connectivity index (χ1v) is 15.1. The third-order valence-corrected chi connectivity index (χ3v) is 8.79. The van der Waals surface area contributed by atoms with Gasteiger partial charge in [-0.25, -0.2) is 26.3 Å². The van der Waals surface area contributed by atoms with Crippen LogP contribution in [-0.4, -0.2) is 31.8 Å². The van der Waals surface area contributed by atoms with Gasteiger partial charge in [0.2, 0.25) is 0 Å². The van der Waals surface area contributed by atoms with E-state index in [1.807, 2.05) is 0 Å². The van der Waals surface area contributed by atoms with Crippen LogP contribution in [0, 0.1) is 34.9 Å². The zero-order valence-electron chi connectivity index (χ0n) is 25.8. The molecule has 0 saturated heterocycles. The molecule has 1 aliphatic heterocycles. The first-order chi connectivity index (χ1) is 21.6. The van der Waals surface area contributed by atoms with E-state index < -0.39 is 34.9 Å². The van der Waals surface area contributed by atoms with Crippen LogP contribution in [0.3, 0.4) is 0 Å². The van der Waals surface area contributed by atoms with Crippen LogP contribution in [0.1, 0.15) is 50.7 Å². The number of benzene rings is 4. The van der Waals surface area contributed by atoms with Crippen molar-refractivity contribution in [3.05, 3.63) is 94.6 Å². The fourth-order valence-electron chi connectivity index (χ4n) is 6.57. The van der Waals surface area contributed by atoms with Gasteiger partial charge in [-0.05, 0) is 71.5 Å². The zero-order chi connectivity index (χ0) is 32.5. The Balaban J connectivity index is 1.93. The lowest BCUT2D eigenvalue weighted by Gasteiger charge is -2.39. The Labute approximate surface area is 259 Å². The van der Waals surface area contributed by atoms with Gasteiger partial charge in [-0.3, -0.25) is 0 Å². The van der Waals surface area contributed by atoms with Gasteiger partial charge in [0, 0.05) is 22.3 Å². The van der Waals surface area contributed by atoms with Crippen molar-refractivity contribution in [2.45, 2.75) is 52.6 Å². The Morgan fingerprint density at radius 2 is 0.933 bits per heavy atom. The van der Waals surface area contributed by atoms with Crippen LogP contribution >= 0.6 is 0 Å². The number of methoxy groups -OCH3 is 2. The van der Waals surface area contributed by atoms with Crippen LogP contribution < -0.4 is 9.47 Å². The van der Waals surface area contributed by atoms with E-state index in [4.69, 9.17) is 9.47 Å². The highest BCUT2D eigenvalue weighted by molar-refractivity contribution is 5.91. The fourth-order valence-corrected chi connectivity index (χ4v) is 6.57. The molecule has 1 aliphatic rings. The number of hydrogen-bond donors (Lipinski definition) is 0. The summed E-state index contributed by atoms with van der Waals surface area (Å²) in [6.45, 7) is 6.50. The lowest BCUT2D eigenvalue weighted by molar-refractivity contribution is -0.953. The molecule has 5 rings (SSSR count). The smallest absolute Gasteiger partial charge is 0.194 e. The molecule has 0 atom stereocenters. The average molecular weight is 629 g/mol. The van der Waals surface area contributed by atoms with Crippen molar-refractivity contribution in [2.75, 3.05) is 27.3 Å². The van der Waals surface area contributed by atoms with E-state index in [0.29, 0.717) is 51.3 Å². The Bertz CT molecular complexity index is 1560. The summed E-state index contributed by atoms with van der Waals surface area (Å²) in [6.07, 6.45) is 3.55. The van der Waals surface area contributed by atoms with Crippen molar-refractivity contribution in [3.8, 4) is 44.9 Å². The summed E-state index contributed by atoms with van der Waals surface area (Å²) in [5.74, 6) is -7.41. The van der Waals surface area contributed by atoms with Gasteiger partial charge >= 0.3 is 0 Å². The Hall–Kier alpha value is -3.98. The minimum atomic E-state index is -1.55. The first-order valence-electron chi connectivity index (χ1n) is 15.1. The number of hydrogen-bond acceptors (Lipinski definition) is 2. The molecule has 3 nitrogen and oxygen atoms in total.